The average Bonchev–Trinajstić information content (AvgIpc) is 2.85. The van der Waals surface area contributed by atoms with Crippen molar-refractivity contribution in [1.82, 2.24) is 4.98 Å². The second-order valence-electron chi connectivity index (χ2n) is 5.11. The predicted octanol–water partition coefficient (Wildman–Crippen LogP) is 4.75. The summed E-state index contributed by atoms with van der Waals surface area (Å²) in [5.74, 6) is 0.404. The molecule has 0 saturated heterocycles. The number of rotatable bonds is 5. The highest BCUT2D eigenvalue weighted by Crippen LogP contribution is 2.20. The number of hydrogen-bond donors (Lipinski definition) is 0. The number of halogens is 1. The van der Waals surface area contributed by atoms with E-state index in [2.05, 4.69) is 24.2 Å². The summed E-state index contributed by atoms with van der Waals surface area (Å²) in [4.78, 5) is 4.61. The molecule has 0 amide bonds. The molecule has 1 heterocycles. The predicted molar refractivity (Wildman–Crippen MR) is 79.4 cm³/mol. The van der Waals surface area contributed by atoms with Crippen molar-refractivity contribution in [3.05, 3.63) is 51.2 Å². The molecule has 1 aromatic carbocycles. The smallest absolute Gasteiger partial charge is 0.126 e. The zero-order valence-electron chi connectivity index (χ0n) is 11.7. The molecule has 2 aromatic rings. The minimum atomic E-state index is -0.0823. The highest BCUT2D eigenvalue weighted by atomic mass is 32.1. The van der Waals surface area contributed by atoms with Crippen LogP contribution < -0.4 is 0 Å². The van der Waals surface area contributed by atoms with Crippen molar-refractivity contribution >= 4 is 11.3 Å². The van der Waals surface area contributed by atoms with E-state index in [1.54, 1.807) is 17.4 Å². The van der Waals surface area contributed by atoms with Gasteiger partial charge in [-0.15, -0.1) is 11.3 Å². The summed E-state index contributed by atoms with van der Waals surface area (Å²) in [7, 11) is 0. The van der Waals surface area contributed by atoms with E-state index in [9.17, 15) is 4.39 Å². The third-order valence-corrected chi connectivity index (χ3v) is 4.43. The van der Waals surface area contributed by atoms with E-state index in [1.807, 2.05) is 19.1 Å². The van der Waals surface area contributed by atoms with Crippen molar-refractivity contribution in [3.8, 4) is 0 Å². The summed E-state index contributed by atoms with van der Waals surface area (Å²) >= 11 is 1.72. The van der Waals surface area contributed by atoms with Crippen LogP contribution in [0, 0.1) is 5.82 Å². The van der Waals surface area contributed by atoms with Gasteiger partial charge in [0.15, 0.2) is 0 Å². The highest BCUT2D eigenvalue weighted by molar-refractivity contribution is 7.09. The van der Waals surface area contributed by atoms with Crippen LogP contribution in [0.3, 0.4) is 0 Å². The maximum absolute atomic E-state index is 13.7. The molecule has 1 nitrogen and oxygen atoms in total. The largest absolute Gasteiger partial charge is 0.246 e. The molecule has 19 heavy (non-hydrogen) atoms. The van der Waals surface area contributed by atoms with Gasteiger partial charge in [0.25, 0.3) is 0 Å². The molecule has 0 radical (unpaired) electrons. The fourth-order valence-electron chi connectivity index (χ4n) is 2.01. The lowest BCUT2D eigenvalue weighted by molar-refractivity contribution is 0.609. The van der Waals surface area contributed by atoms with Crippen molar-refractivity contribution < 1.29 is 4.39 Å². The third-order valence-electron chi connectivity index (χ3n) is 3.23. The van der Waals surface area contributed by atoms with Gasteiger partial charge in [-0.1, -0.05) is 32.9 Å². The van der Waals surface area contributed by atoms with Gasteiger partial charge in [-0.3, -0.25) is 0 Å². The van der Waals surface area contributed by atoms with E-state index in [-0.39, 0.29) is 5.82 Å². The molecule has 0 bridgehead atoms. The zero-order valence-corrected chi connectivity index (χ0v) is 12.6. The fraction of sp³-hybridized carbons (Fsp3) is 0.438. The molecular formula is C16H20FNS. The van der Waals surface area contributed by atoms with Gasteiger partial charge in [0.1, 0.15) is 5.82 Å². The average molecular weight is 277 g/mol. The second-order valence-corrected chi connectivity index (χ2v) is 6.00. The summed E-state index contributed by atoms with van der Waals surface area (Å²) in [6.07, 6.45) is 2.48. The highest BCUT2D eigenvalue weighted by Gasteiger charge is 2.07. The second kappa shape index (κ2) is 6.29. The number of thiazole rings is 1. The quantitative estimate of drug-likeness (QED) is 0.768. The van der Waals surface area contributed by atoms with E-state index in [1.165, 1.54) is 5.01 Å². The lowest BCUT2D eigenvalue weighted by Crippen LogP contribution is -1.96. The number of aryl methyl sites for hydroxylation is 3. The molecule has 0 aliphatic heterocycles. The summed E-state index contributed by atoms with van der Waals surface area (Å²) in [6, 6.07) is 5.58. The molecule has 0 fully saturated rings. The van der Waals surface area contributed by atoms with Crippen LogP contribution in [0.4, 0.5) is 4.39 Å². The third kappa shape index (κ3) is 3.63. The lowest BCUT2D eigenvalue weighted by Gasteiger charge is -2.04. The number of benzene rings is 1. The molecule has 3 heteroatoms. The molecule has 0 N–H and O–H groups in total. The first-order valence-corrected chi connectivity index (χ1v) is 7.69. The summed E-state index contributed by atoms with van der Waals surface area (Å²) in [6.45, 7) is 6.28. The number of nitrogens with zero attached hydrogens (tertiary/aromatic N) is 1. The van der Waals surface area contributed by atoms with E-state index < -0.39 is 0 Å². The molecule has 0 unspecified atom stereocenters. The normalized spacial score (nSPS) is 11.2. The Morgan fingerprint density at radius 2 is 2.05 bits per heavy atom. The first-order valence-electron chi connectivity index (χ1n) is 6.81. The molecule has 0 spiro atoms. The van der Waals surface area contributed by atoms with Crippen molar-refractivity contribution in [2.75, 3.05) is 0 Å². The van der Waals surface area contributed by atoms with Crippen LogP contribution in [-0.2, 0) is 19.3 Å². The monoisotopic (exact) mass is 277 g/mol. The van der Waals surface area contributed by atoms with Crippen LogP contribution in [0.15, 0.2) is 23.6 Å². The maximum atomic E-state index is 13.7. The van der Waals surface area contributed by atoms with E-state index in [4.69, 9.17) is 0 Å². The van der Waals surface area contributed by atoms with E-state index in [0.29, 0.717) is 5.92 Å². The first kappa shape index (κ1) is 14.2. The maximum Gasteiger partial charge on any atom is 0.126 e. The van der Waals surface area contributed by atoms with Crippen molar-refractivity contribution in [2.24, 2.45) is 0 Å². The van der Waals surface area contributed by atoms with Crippen molar-refractivity contribution in [2.45, 2.75) is 46.0 Å². The Labute approximate surface area is 118 Å². The van der Waals surface area contributed by atoms with Crippen molar-refractivity contribution in [1.29, 1.82) is 0 Å². The Morgan fingerprint density at radius 1 is 1.26 bits per heavy atom. The van der Waals surface area contributed by atoms with Crippen LogP contribution in [-0.4, -0.2) is 4.98 Å². The van der Waals surface area contributed by atoms with Gasteiger partial charge in [0, 0.05) is 11.3 Å². The molecule has 102 valence electrons. The Hall–Kier alpha value is -1.22. The Bertz CT molecular complexity index is 545. The molecule has 0 aliphatic carbocycles. The SMILES string of the molecule is CCc1ccc(CCc2csc(C(C)C)n2)cc1F. The first-order chi connectivity index (χ1) is 9.10. The van der Waals surface area contributed by atoms with Crippen LogP contribution in [0.2, 0.25) is 0 Å². The van der Waals surface area contributed by atoms with Crippen molar-refractivity contribution in [3.63, 3.8) is 0 Å². The summed E-state index contributed by atoms with van der Waals surface area (Å²) in [5, 5.41) is 3.30. The molecule has 2 rings (SSSR count). The summed E-state index contributed by atoms with van der Waals surface area (Å²) in [5.41, 5.74) is 2.96. The van der Waals surface area contributed by atoms with Gasteiger partial charge in [-0.25, -0.2) is 9.37 Å². The van der Waals surface area contributed by atoms with Gasteiger partial charge < -0.3 is 0 Å². The van der Waals surface area contributed by atoms with Crippen LogP contribution in [0.1, 0.15) is 48.5 Å². The van der Waals surface area contributed by atoms with E-state index >= 15 is 0 Å². The summed E-state index contributed by atoms with van der Waals surface area (Å²) < 4.78 is 13.7. The van der Waals surface area contributed by atoms with Gasteiger partial charge in [0.2, 0.25) is 0 Å². The molecule has 0 atom stereocenters. The lowest BCUT2D eigenvalue weighted by atomic mass is 10.0. The minimum Gasteiger partial charge on any atom is -0.246 e. The number of hydrogen-bond acceptors (Lipinski definition) is 2. The van der Waals surface area contributed by atoms with Gasteiger partial charge in [0.05, 0.1) is 10.7 Å². The molecule has 0 saturated carbocycles. The van der Waals surface area contributed by atoms with Gasteiger partial charge in [-0.05, 0) is 36.5 Å². The van der Waals surface area contributed by atoms with Gasteiger partial charge >= 0.3 is 0 Å². The standard InChI is InChI=1S/C16H20FNS/c1-4-13-7-5-12(9-15(13)17)6-8-14-10-19-16(18-14)11(2)3/h5,7,9-11H,4,6,8H2,1-3H3. The minimum absolute atomic E-state index is 0.0823. The van der Waals surface area contributed by atoms with Crippen LogP contribution in [0.25, 0.3) is 0 Å². The zero-order chi connectivity index (χ0) is 13.8. The van der Waals surface area contributed by atoms with Gasteiger partial charge in [-0.2, -0.15) is 0 Å². The van der Waals surface area contributed by atoms with Crippen LogP contribution >= 0.6 is 11.3 Å². The van der Waals surface area contributed by atoms with E-state index in [0.717, 1.165) is 36.1 Å². The Kier molecular flexibility index (Phi) is 4.70. The molecule has 1 aromatic heterocycles. The molecule has 0 aliphatic rings. The molecular weight excluding hydrogens is 257 g/mol. The fourth-order valence-corrected chi connectivity index (χ4v) is 2.88. The topological polar surface area (TPSA) is 12.9 Å². The number of aromatic nitrogens is 1. The Balaban J connectivity index is 1.99. The van der Waals surface area contributed by atoms with Crippen LogP contribution in [0.5, 0.6) is 0 Å². The Morgan fingerprint density at radius 3 is 2.63 bits per heavy atom.